The number of Topliss-reactive ketones (excluding diaryl/α,β-unsaturated/α-hetero) is 2. The number of aliphatic hydroxyl groups is 3. The second kappa shape index (κ2) is 12.3. The van der Waals surface area contributed by atoms with E-state index < -0.39 is 64.4 Å². The van der Waals surface area contributed by atoms with Crippen LogP contribution in [0.3, 0.4) is 0 Å². The Hall–Kier alpha value is -4.80. The van der Waals surface area contributed by atoms with Gasteiger partial charge in [0.25, 0.3) is 5.91 Å². The molecule has 16 heteroatoms. The Kier molecular flexibility index (Phi) is 8.88. The summed E-state index contributed by atoms with van der Waals surface area (Å²) < 4.78 is 41.1. The van der Waals surface area contributed by atoms with E-state index in [0.717, 1.165) is 12.1 Å². The first-order chi connectivity index (χ1) is 22.4. The van der Waals surface area contributed by atoms with Crippen LogP contribution >= 0.6 is 0 Å². The van der Waals surface area contributed by atoms with Crippen molar-refractivity contribution < 1.29 is 52.7 Å². The van der Waals surface area contributed by atoms with Gasteiger partial charge < -0.3 is 41.1 Å². The average molecular weight is 676 g/mol. The molecule has 0 aliphatic heterocycles. The van der Waals surface area contributed by atoms with Crippen molar-refractivity contribution >= 4 is 34.6 Å². The number of amides is 1. The number of phenolic OH excluding ortho intramolecular Hbond substituents is 1. The molecule has 13 nitrogen and oxygen atoms in total. The van der Waals surface area contributed by atoms with Crippen molar-refractivity contribution in [2.45, 2.75) is 37.4 Å². The fourth-order valence-corrected chi connectivity index (χ4v) is 7.02. The molecule has 0 bridgehead atoms. The van der Waals surface area contributed by atoms with E-state index in [0.29, 0.717) is 22.5 Å². The number of nitrogens with zero attached hydrogens (tertiary/aromatic N) is 2. The number of alkyl halides is 3. The number of benzene rings is 2. The largest absolute Gasteiger partial charge is 0.573 e. The van der Waals surface area contributed by atoms with Gasteiger partial charge >= 0.3 is 6.36 Å². The van der Waals surface area contributed by atoms with Crippen LogP contribution in [0.1, 0.15) is 23.1 Å². The Labute approximate surface area is 273 Å². The number of aliphatic hydroxyl groups excluding tert-OH is 2. The zero-order valence-corrected chi connectivity index (χ0v) is 26.5. The van der Waals surface area contributed by atoms with Crippen molar-refractivity contribution in [2.24, 2.45) is 17.6 Å². The van der Waals surface area contributed by atoms with Crippen LogP contribution in [0, 0.1) is 11.8 Å². The number of nitrogens with two attached hydrogens (primary N) is 1. The molecule has 4 atom stereocenters. The van der Waals surface area contributed by atoms with Gasteiger partial charge in [0, 0.05) is 49.1 Å². The van der Waals surface area contributed by atoms with Gasteiger partial charge in [0.2, 0.25) is 5.78 Å². The summed E-state index contributed by atoms with van der Waals surface area (Å²) in [5, 5.41) is 51.9. The molecule has 2 aromatic rings. The first-order valence-electron chi connectivity index (χ1n) is 14.9. The van der Waals surface area contributed by atoms with Gasteiger partial charge in [-0.1, -0.05) is 0 Å². The number of hydrogen-bond donors (Lipinski definition) is 7. The maximum atomic E-state index is 14.1. The topological polar surface area (TPSA) is 198 Å². The molecule has 2 aromatic carbocycles. The first kappa shape index (κ1) is 34.5. The number of likely N-dealkylation sites (N-methyl/N-ethyl adjacent to an activating group) is 1. The van der Waals surface area contributed by atoms with Gasteiger partial charge in [-0.3, -0.25) is 24.6 Å². The Bertz CT molecular complexity index is 1740. The smallest absolute Gasteiger partial charge is 0.508 e. The predicted octanol–water partition coefficient (Wildman–Crippen LogP) is 2.09. The number of anilines is 2. The Morgan fingerprint density at radius 2 is 1.75 bits per heavy atom. The van der Waals surface area contributed by atoms with E-state index in [1.807, 2.05) is 0 Å². The third-order valence-corrected chi connectivity index (χ3v) is 9.08. The summed E-state index contributed by atoms with van der Waals surface area (Å²) in [4.78, 5) is 42.8. The minimum absolute atomic E-state index is 0.0301. The molecule has 3 aliphatic rings. The normalized spacial score (nSPS) is 23.9. The van der Waals surface area contributed by atoms with E-state index in [1.165, 1.54) is 31.1 Å². The number of carbonyl (C=O) groups excluding carboxylic acids is 3. The van der Waals surface area contributed by atoms with Crippen molar-refractivity contribution in [3.8, 4) is 11.5 Å². The zero-order chi connectivity index (χ0) is 35.5. The highest BCUT2D eigenvalue weighted by atomic mass is 19.4. The number of rotatable bonds is 9. The second-order valence-corrected chi connectivity index (χ2v) is 12.5. The van der Waals surface area contributed by atoms with Crippen molar-refractivity contribution in [3.63, 3.8) is 0 Å². The quantitative estimate of drug-likeness (QED) is 0.116. The number of aromatic hydroxyl groups is 1. The second-order valence-electron chi connectivity index (χ2n) is 12.5. The van der Waals surface area contributed by atoms with Crippen molar-refractivity contribution in [3.05, 3.63) is 63.9 Å². The highest BCUT2D eigenvalue weighted by molar-refractivity contribution is 6.24. The van der Waals surface area contributed by atoms with Crippen LogP contribution in [0.5, 0.6) is 11.5 Å². The van der Waals surface area contributed by atoms with Crippen LogP contribution < -0.4 is 26.0 Å². The summed E-state index contributed by atoms with van der Waals surface area (Å²) in [6.07, 6.45) is -4.70. The minimum atomic E-state index is -4.81. The van der Waals surface area contributed by atoms with E-state index >= 15 is 0 Å². The molecule has 0 aromatic heterocycles. The molecule has 5 rings (SSSR count). The Morgan fingerprint density at radius 3 is 2.31 bits per heavy atom. The summed E-state index contributed by atoms with van der Waals surface area (Å²) in [7, 11) is 6.58. The number of nitrogens with one attached hydrogen (secondary N) is 2. The van der Waals surface area contributed by atoms with Gasteiger partial charge in [-0.05, 0) is 68.8 Å². The maximum absolute atomic E-state index is 14.1. The fourth-order valence-electron chi connectivity index (χ4n) is 7.02. The molecule has 3 aliphatic carbocycles. The van der Waals surface area contributed by atoms with E-state index in [2.05, 4.69) is 15.4 Å². The van der Waals surface area contributed by atoms with Crippen LogP contribution in [0.4, 0.5) is 24.5 Å². The SMILES string of the molecule is CN(C)c1cc(CNCNc2ccc(OC(F)(F)F)cc2)c(O)c2c1CC1CC3[C@H](N(C)C)C(=O)C(C(N)=O)=C(O)[C@@]3(O)C(=O)C1=C2O. The number of hydrogen-bond acceptors (Lipinski definition) is 12. The molecular formula is C32H36F3N5O8. The van der Waals surface area contributed by atoms with Gasteiger partial charge in [-0.2, -0.15) is 0 Å². The lowest BCUT2D eigenvalue weighted by Gasteiger charge is -2.50. The predicted molar refractivity (Wildman–Crippen MR) is 167 cm³/mol. The Morgan fingerprint density at radius 1 is 1.10 bits per heavy atom. The molecule has 0 saturated heterocycles. The number of carbonyl (C=O) groups is 3. The lowest BCUT2D eigenvalue weighted by Crippen LogP contribution is -2.65. The fraction of sp³-hybridized carbons (Fsp3) is 0.406. The molecule has 8 N–H and O–H groups in total. The number of ether oxygens (including phenoxy) is 1. The van der Waals surface area contributed by atoms with E-state index in [9.17, 15) is 48.0 Å². The molecule has 0 radical (unpaired) electrons. The molecule has 0 heterocycles. The summed E-state index contributed by atoms with van der Waals surface area (Å²) in [6.45, 7) is 0.168. The van der Waals surface area contributed by atoms with Crippen molar-refractivity contribution in [1.82, 2.24) is 10.2 Å². The van der Waals surface area contributed by atoms with Crippen molar-refractivity contribution in [1.29, 1.82) is 0 Å². The first-order valence-corrected chi connectivity index (χ1v) is 14.9. The van der Waals surface area contributed by atoms with Crippen LogP contribution in [0.15, 0.2) is 47.2 Å². The van der Waals surface area contributed by atoms with Gasteiger partial charge in [0.1, 0.15) is 28.6 Å². The third-order valence-electron chi connectivity index (χ3n) is 9.08. The number of halogens is 3. The summed E-state index contributed by atoms with van der Waals surface area (Å²) in [5.41, 5.74) is 3.40. The molecule has 2 unspecified atom stereocenters. The van der Waals surface area contributed by atoms with E-state index in [1.54, 1.807) is 25.1 Å². The van der Waals surface area contributed by atoms with Gasteiger partial charge in [0.15, 0.2) is 11.4 Å². The molecule has 1 fully saturated rings. The van der Waals surface area contributed by atoms with Crippen LogP contribution in [-0.4, -0.2) is 95.7 Å². The standard InChI is InChI=1S/C32H36F3N5O8/c1-39(2)20-11-15(12-37-13-38-16-5-7-17(8-6-16)48-32(33,34)35)25(41)22-18(20)9-14-10-19-24(40(3)4)27(43)23(30(36)46)29(45)31(19,47)28(44)21(14)26(22)42/h5-8,11,14,19,24,37-38,41-42,45,47H,9-10,12-13H2,1-4H3,(H2,36,46)/t14?,19?,24-,31-/m0/s1. The zero-order valence-electron chi connectivity index (χ0n) is 26.5. The lowest BCUT2D eigenvalue weighted by molar-refractivity contribution is -0.274. The van der Waals surface area contributed by atoms with Gasteiger partial charge in [-0.15, -0.1) is 13.2 Å². The highest BCUT2D eigenvalue weighted by Crippen LogP contribution is 2.54. The third kappa shape index (κ3) is 5.79. The maximum Gasteiger partial charge on any atom is 0.573 e. The lowest BCUT2D eigenvalue weighted by atomic mass is 9.57. The monoisotopic (exact) mass is 675 g/mol. The number of fused-ring (bicyclic) bond motifs is 3. The molecule has 1 saturated carbocycles. The van der Waals surface area contributed by atoms with Crippen molar-refractivity contribution in [2.75, 3.05) is 45.1 Å². The summed E-state index contributed by atoms with van der Waals surface area (Å²) in [6, 6.07) is 5.62. The van der Waals surface area contributed by atoms with E-state index in [-0.39, 0.29) is 48.7 Å². The van der Waals surface area contributed by atoms with E-state index in [4.69, 9.17) is 5.73 Å². The van der Waals surface area contributed by atoms with Crippen LogP contribution in [0.2, 0.25) is 0 Å². The van der Waals surface area contributed by atoms with Gasteiger partial charge in [-0.25, -0.2) is 0 Å². The number of phenols is 1. The van der Waals surface area contributed by atoms with Crippen LogP contribution in [0.25, 0.3) is 5.76 Å². The van der Waals surface area contributed by atoms with Crippen LogP contribution in [-0.2, 0) is 27.3 Å². The molecule has 258 valence electrons. The molecule has 0 spiro atoms. The van der Waals surface area contributed by atoms with Gasteiger partial charge in [0.05, 0.1) is 18.3 Å². The highest BCUT2D eigenvalue weighted by Gasteiger charge is 2.64. The summed E-state index contributed by atoms with van der Waals surface area (Å²) >= 11 is 0. The minimum Gasteiger partial charge on any atom is -0.508 e. The molecule has 1 amide bonds. The number of primary amides is 1. The molecule has 48 heavy (non-hydrogen) atoms. The Balaban J connectivity index is 1.47. The molecular weight excluding hydrogens is 639 g/mol. The average Bonchev–Trinajstić information content (AvgIpc) is 2.97. The number of ketones is 2. The summed E-state index contributed by atoms with van der Waals surface area (Å²) in [5.74, 6) is -7.63.